The number of carbonyl (C=O) groups is 1. The van der Waals surface area contributed by atoms with Crippen molar-refractivity contribution in [3.8, 4) is 0 Å². The molecular formula is C24H48O8. The normalized spacial score (nSPS) is 15.1. The highest BCUT2D eigenvalue weighted by molar-refractivity contribution is 5.79. The molecule has 0 aliphatic rings. The fourth-order valence-corrected chi connectivity index (χ4v) is 3.14. The molecule has 4 atom stereocenters. The lowest BCUT2D eigenvalue weighted by Crippen LogP contribution is -2.46. The number of rotatable bonds is 20. The maximum atomic E-state index is 10.2. The molecule has 0 aromatic heterocycles. The maximum Gasteiger partial charge on any atom is 0.327 e. The summed E-state index contributed by atoms with van der Waals surface area (Å²) in [6.07, 6.45) is 15.2. The number of carboxylic acids is 1. The molecule has 0 radical (unpaired) electrons. The number of aliphatic carboxylic acids is 1. The van der Waals surface area contributed by atoms with Crippen LogP contribution in [0.25, 0.3) is 0 Å². The van der Waals surface area contributed by atoms with E-state index in [-0.39, 0.29) is 0 Å². The Hall–Kier alpha value is -1.03. The van der Waals surface area contributed by atoms with Crippen LogP contribution in [0.4, 0.5) is 0 Å². The van der Waals surface area contributed by atoms with Gasteiger partial charge in [0.05, 0.1) is 13.2 Å². The van der Waals surface area contributed by atoms with Gasteiger partial charge in [0.15, 0.2) is 0 Å². The SMILES string of the molecule is CCCCCCCCCCCCCCCC=CC(=O)O.OC[C@@H](O)[C@@H](O)[C@H](O)[C@@H](O)CO. The molecule has 0 saturated carbocycles. The Morgan fingerprint density at radius 1 is 0.656 bits per heavy atom. The van der Waals surface area contributed by atoms with E-state index in [0.29, 0.717) is 0 Å². The highest BCUT2D eigenvalue weighted by Crippen LogP contribution is 2.13. The van der Waals surface area contributed by atoms with Gasteiger partial charge in [0.2, 0.25) is 0 Å². The van der Waals surface area contributed by atoms with E-state index in [9.17, 15) is 4.79 Å². The number of aliphatic hydroxyl groups excluding tert-OH is 6. The number of carboxylic acid groups (broad SMARTS) is 1. The minimum Gasteiger partial charge on any atom is -0.478 e. The van der Waals surface area contributed by atoms with Gasteiger partial charge in [-0.25, -0.2) is 4.79 Å². The maximum absolute atomic E-state index is 10.2. The summed E-state index contributed by atoms with van der Waals surface area (Å²) < 4.78 is 0. The molecule has 0 spiro atoms. The average molecular weight is 465 g/mol. The molecule has 32 heavy (non-hydrogen) atoms. The highest BCUT2D eigenvalue weighted by Gasteiger charge is 2.29. The average Bonchev–Trinajstić information content (AvgIpc) is 2.79. The third-order valence-corrected chi connectivity index (χ3v) is 5.25. The Labute approximate surface area is 193 Å². The molecule has 0 amide bonds. The lowest BCUT2D eigenvalue weighted by Gasteiger charge is -2.24. The van der Waals surface area contributed by atoms with Crippen LogP contribution < -0.4 is 0 Å². The molecular weight excluding hydrogens is 416 g/mol. The van der Waals surface area contributed by atoms with Crippen molar-refractivity contribution >= 4 is 5.97 Å². The lowest BCUT2D eigenvalue weighted by molar-refractivity contribution is -0.131. The van der Waals surface area contributed by atoms with Gasteiger partial charge in [-0.1, -0.05) is 90.0 Å². The minimum atomic E-state index is -1.67. The van der Waals surface area contributed by atoms with Crippen molar-refractivity contribution in [2.24, 2.45) is 0 Å². The predicted octanol–water partition coefficient (Wildman–Crippen LogP) is 2.52. The Morgan fingerprint density at radius 3 is 1.31 bits per heavy atom. The summed E-state index contributed by atoms with van der Waals surface area (Å²) in [6.45, 7) is 0.815. The smallest absolute Gasteiger partial charge is 0.327 e. The van der Waals surface area contributed by atoms with E-state index in [1.165, 1.54) is 83.1 Å². The van der Waals surface area contributed by atoms with Gasteiger partial charge in [0.25, 0.3) is 0 Å². The second-order valence-corrected chi connectivity index (χ2v) is 8.25. The van der Waals surface area contributed by atoms with E-state index in [1.807, 2.05) is 0 Å². The van der Waals surface area contributed by atoms with Gasteiger partial charge in [-0.3, -0.25) is 0 Å². The van der Waals surface area contributed by atoms with Gasteiger partial charge >= 0.3 is 5.97 Å². The lowest BCUT2D eigenvalue weighted by atomic mass is 10.0. The molecule has 8 nitrogen and oxygen atoms in total. The van der Waals surface area contributed by atoms with Gasteiger partial charge in [0, 0.05) is 6.08 Å². The van der Waals surface area contributed by atoms with Crippen molar-refractivity contribution in [3.05, 3.63) is 12.2 Å². The largest absolute Gasteiger partial charge is 0.478 e. The van der Waals surface area contributed by atoms with Crippen LogP contribution in [0.1, 0.15) is 96.8 Å². The molecule has 0 aliphatic heterocycles. The summed E-state index contributed by atoms with van der Waals surface area (Å²) in [7, 11) is 0. The van der Waals surface area contributed by atoms with Gasteiger partial charge < -0.3 is 35.7 Å². The second-order valence-electron chi connectivity index (χ2n) is 8.25. The summed E-state index contributed by atoms with van der Waals surface area (Å²) in [4.78, 5) is 10.2. The van der Waals surface area contributed by atoms with E-state index in [2.05, 4.69) is 6.92 Å². The second kappa shape index (κ2) is 24.6. The van der Waals surface area contributed by atoms with Crippen molar-refractivity contribution in [1.82, 2.24) is 0 Å². The first-order chi connectivity index (χ1) is 15.3. The summed E-state index contributed by atoms with van der Waals surface area (Å²) in [5, 5.41) is 60.6. The van der Waals surface area contributed by atoms with Crippen LogP contribution in [0.2, 0.25) is 0 Å². The Balaban J connectivity index is 0. The van der Waals surface area contributed by atoms with Crippen molar-refractivity contribution < 1.29 is 40.5 Å². The standard InChI is InChI=1S/C18H34O2.C6H14O6/c1-2-3-4-5-6-7-8-9-10-11-12-13-14-15-16-17-18(19)20;7-1-3(9)5(11)6(12)4(10)2-8/h16-17H,2-15H2,1H3,(H,19,20);3-12H,1-2H2/t;3-,4+,5-,6-/m.1/s1. The van der Waals surface area contributed by atoms with E-state index in [0.717, 1.165) is 12.8 Å². The van der Waals surface area contributed by atoms with Crippen LogP contribution in [0.15, 0.2) is 12.2 Å². The van der Waals surface area contributed by atoms with Gasteiger partial charge in [-0.05, 0) is 12.8 Å². The molecule has 8 heteroatoms. The van der Waals surface area contributed by atoms with Gasteiger partial charge in [-0.2, -0.15) is 0 Å². The quantitative estimate of drug-likeness (QED) is 0.107. The van der Waals surface area contributed by atoms with E-state index < -0.39 is 43.6 Å². The fraction of sp³-hybridized carbons (Fsp3) is 0.875. The topological polar surface area (TPSA) is 159 Å². The minimum absolute atomic E-state index is 0.726. The number of hydrogen-bond acceptors (Lipinski definition) is 7. The van der Waals surface area contributed by atoms with Crippen LogP contribution in [-0.2, 0) is 4.79 Å². The van der Waals surface area contributed by atoms with E-state index in [4.69, 9.17) is 35.7 Å². The number of unbranched alkanes of at least 4 members (excludes halogenated alkanes) is 13. The highest BCUT2D eigenvalue weighted by atomic mass is 16.4. The zero-order valence-corrected chi connectivity index (χ0v) is 19.8. The third kappa shape index (κ3) is 22.2. The first-order valence-electron chi connectivity index (χ1n) is 12.1. The Bertz CT molecular complexity index is 416. The molecule has 0 heterocycles. The van der Waals surface area contributed by atoms with Crippen LogP contribution in [0.3, 0.4) is 0 Å². The van der Waals surface area contributed by atoms with Crippen LogP contribution in [0.5, 0.6) is 0 Å². The summed E-state index contributed by atoms with van der Waals surface area (Å²) >= 11 is 0. The Morgan fingerprint density at radius 2 is 1.00 bits per heavy atom. The molecule has 0 fully saturated rings. The first kappa shape index (κ1) is 33.1. The summed E-state index contributed by atoms with van der Waals surface area (Å²) in [6, 6.07) is 0. The van der Waals surface area contributed by atoms with E-state index >= 15 is 0 Å². The molecule has 0 aromatic carbocycles. The van der Waals surface area contributed by atoms with Crippen molar-refractivity contribution in [1.29, 1.82) is 0 Å². The number of aliphatic hydroxyl groups is 6. The molecule has 0 rings (SSSR count). The summed E-state index contributed by atoms with van der Waals surface area (Å²) in [5.74, 6) is -0.834. The van der Waals surface area contributed by atoms with Crippen LogP contribution in [0, 0.1) is 0 Å². The van der Waals surface area contributed by atoms with Gasteiger partial charge in [-0.15, -0.1) is 0 Å². The molecule has 0 unspecified atom stereocenters. The van der Waals surface area contributed by atoms with Crippen molar-refractivity contribution in [3.63, 3.8) is 0 Å². The first-order valence-corrected chi connectivity index (χ1v) is 12.1. The molecule has 7 N–H and O–H groups in total. The molecule has 0 saturated heterocycles. The van der Waals surface area contributed by atoms with Gasteiger partial charge in [0.1, 0.15) is 24.4 Å². The molecule has 0 aliphatic carbocycles. The molecule has 0 aromatic rings. The number of allylic oxidation sites excluding steroid dienone is 1. The third-order valence-electron chi connectivity index (χ3n) is 5.25. The summed E-state index contributed by atoms with van der Waals surface area (Å²) in [5.41, 5.74) is 0. The molecule has 192 valence electrons. The number of hydrogen-bond donors (Lipinski definition) is 7. The van der Waals surface area contributed by atoms with Crippen LogP contribution in [-0.4, -0.2) is 79.3 Å². The van der Waals surface area contributed by atoms with E-state index in [1.54, 1.807) is 6.08 Å². The Kier molecular flexibility index (Phi) is 25.5. The zero-order valence-electron chi connectivity index (χ0n) is 19.8. The van der Waals surface area contributed by atoms with Crippen LogP contribution >= 0.6 is 0 Å². The zero-order chi connectivity index (χ0) is 24.6. The monoisotopic (exact) mass is 464 g/mol. The van der Waals surface area contributed by atoms with Crippen molar-refractivity contribution in [2.75, 3.05) is 13.2 Å². The predicted molar refractivity (Wildman–Crippen MR) is 125 cm³/mol. The van der Waals surface area contributed by atoms with Crippen molar-refractivity contribution in [2.45, 2.75) is 121 Å². The fourth-order valence-electron chi connectivity index (χ4n) is 3.14. The molecule has 0 bridgehead atoms.